The van der Waals surface area contributed by atoms with Gasteiger partial charge in [0.05, 0.1) is 13.7 Å². The number of carbonyl (C=O) groups excluding carboxylic acids is 2. The molecular formula is C17H24N2O4. The highest BCUT2D eigenvalue weighted by atomic mass is 16.5. The Balaban J connectivity index is 1.78. The molecule has 0 radical (unpaired) electrons. The van der Waals surface area contributed by atoms with Gasteiger partial charge in [0.1, 0.15) is 11.5 Å². The summed E-state index contributed by atoms with van der Waals surface area (Å²) in [6.45, 7) is 2.00. The summed E-state index contributed by atoms with van der Waals surface area (Å²) in [5.41, 5.74) is 5.09. The van der Waals surface area contributed by atoms with E-state index in [9.17, 15) is 9.59 Å². The molecule has 1 fully saturated rings. The molecule has 1 aromatic rings. The van der Waals surface area contributed by atoms with Crippen LogP contribution in [-0.4, -0.2) is 43.5 Å². The normalized spacial score (nSPS) is 17.6. The predicted octanol–water partition coefficient (Wildman–Crippen LogP) is 1.58. The molecule has 0 saturated carbocycles. The van der Waals surface area contributed by atoms with E-state index in [4.69, 9.17) is 15.2 Å². The molecule has 2 N–H and O–H groups in total. The average molecular weight is 320 g/mol. The van der Waals surface area contributed by atoms with Crippen molar-refractivity contribution in [2.24, 2.45) is 11.7 Å². The van der Waals surface area contributed by atoms with Crippen molar-refractivity contribution in [1.29, 1.82) is 0 Å². The molecule has 0 spiro atoms. The summed E-state index contributed by atoms with van der Waals surface area (Å²) in [7, 11) is 1.63. The molecule has 1 atom stereocenters. The second-order valence-corrected chi connectivity index (χ2v) is 5.80. The van der Waals surface area contributed by atoms with Crippen LogP contribution in [0.3, 0.4) is 0 Å². The maximum Gasteiger partial charge on any atom is 0.223 e. The molecule has 126 valence electrons. The number of primary amides is 1. The molecule has 1 unspecified atom stereocenters. The molecule has 1 aliphatic heterocycles. The third-order valence-electron chi connectivity index (χ3n) is 4.00. The number of methoxy groups -OCH3 is 1. The van der Waals surface area contributed by atoms with Crippen molar-refractivity contribution in [3.05, 3.63) is 24.3 Å². The van der Waals surface area contributed by atoms with Crippen LogP contribution in [0.4, 0.5) is 0 Å². The van der Waals surface area contributed by atoms with Gasteiger partial charge in [0.2, 0.25) is 11.8 Å². The van der Waals surface area contributed by atoms with Gasteiger partial charge in [-0.2, -0.15) is 0 Å². The quantitative estimate of drug-likeness (QED) is 0.827. The third-order valence-corrected chi connectivity index (χ3v) is 4.00. The summed E-state index contributed by atoms with van der Waals surface area (Å²) in [5, 5.41) is 0. The Labute approximate surface area is 136 Å². The summed E-state index contributed by atoms with van der Waals surface area (Å²) in [4.78, 5) is 24.6. The van der Waals surface area contributed by atoms with Crippen molar-refractivity contribution in [2.75, 3.05) is 26.8 Å². The van der Waals surface area contributed by atoms with Crippen molar-refractivity contribution >= 4 is 11.8 Å². The van der Waals surface area contributed by atoms with Gasteiger partial charge in [0.25, 0.3) is 0 Å². The Hall–Kier alpha value is -2.24. The zero-order valence-corrected chi connectivity index (χ0v) is 13.5. The van der Waals surface area contributed by atoms with Gasteiger partial charge in [0, 0.05) is 31.8 Å². The minimum absolute atomic E-state index is 0.00190. The van der Waals surface area contributed by atoms with Crippen LogP contribution in [0.1, 0.15) is 25.7 Å². The number of piperidine rings is 1. The fraction of sp³-hybridized carbons (Fsp3) is 0.529. The first kappa shape index (κ1) is 17.1. The number of nitrogens with two attached hydrogens (primary N) is 1. The highest BCUT2D eigenvalue weighted by molar-refractivity contribution is 5.82. The summed E-state index contributed by atoms with van der Waals surface area (Å²) in [6, 6.07) is 7.46. The van der Waals surface area contributed by atoms with E-state index >= 15 is 0 Å². The average Bonchev–Trinajstić information content (AvgIpc) is 2.58. The number of amides is 2. The fourth-order valence-electron chi connectivity index (χ4n) is 2.70. The molecule has 1 aromatic carbocycles. The van der Waals surface area contributed by atoms with Crippen molar-refractivity contribution in [3.8, 4) is 11.5 Å². The lowest BCUT2D eigenvalue weighted by Crippen LogP contribution is -2.41. The Morgan fingerprint density at radius 3 is 2.57 bits per heavy atom. The number of hydrogen-bond donors (Lipinski definition) is 1. The fourth-order valence-corrected chi connectivity index (χ4v) is 2.70. The minimum atomic E-state index is -0.435. The van der Waals surface area contributed by atoms with Crippen LogP contribution in [0.2, 0.25) is 0 Å². The van der Waals surface area contributed by atoms with Gasteiger partial charge >= 0.3 is 0 Å². The molecule has 1 aliphatic rings. The topological polar surface area (TPSA) is 81.9 Å². The number of ether oxygens (including phenoxy) is 2. The monoisotopic (exact) mass is 320 g/mol. The molecule has 23 heavy (non-hydrogen) atoms. The van der Waals surface area contributed by atoms with Gasteiger partial charge in [-0.1, -0.05) is 0 Å². The van der Waals surface area contributed by atoms with Crippen molar-refractivity contribution in [3.63, 3.8) is 0 Å². The van der Waals surface area contributed by atoms with Crippen molar-refractivity contribution in [2.45, 2.75) is 25.7 Å². The number of hydrogen-bond acceptors (Lipinski definition) is 4. The van der Waals surface area contributed by atoms with Crippen LogP contribution < -0.4 is 15.2 Å². The Kier molecular flexibility index (Phi) is 6.26. The third kappa shape index (κ3) is 5.47. The van der Waals surface area contributed by atoms with Crippen LogP contribution in [0.5, 0.6) is 11.5 Å². The number of nitrogens with zero attached hydrogens (tertiary/aromatic N) is 1. The number of carbonyl (C=O) groups is 2. The maximum atomic E-state index is 12.1. The number of rotatable bonds is 7. The van der Waals surface area contributed by atoms with E-state index in [0.29, 0.717) is 19.1 Å². The zero-order valence-electron chi connectivity index (χ0n) is 13.5. The largest absolute Gasteiger partial charge is 0.497 e. The Morgan fingerprint density at radius 1 is 1.22 bits per heavy atom. The van der Waals surface area contributed by atoms with Gasteiger partial charge in [-0.3, -0.25) is 9.59 Å². The zero-order chi connectivity index (χ0) is 16.7. The van der Waals surface area contributed by atoms with Crippen LogP contribution in [0.15, 0.2) is 24.3 Å². The van der Waals surface area contributed by atoms with Crippen molar-refractivity contribution in [1.82, 2.24) is 4.90 Å². The van der Waals surface area contributed by atoms with Gasteiger partial charge in [-0.15, -0.1) is 0 Å². The Morgan fingerprint density at radius 2 is 1.91 bits per heavy atom. The standard InChI is InChI=1S/C17H24N2O4/c1-22-14-4-6-15(7-5-14)23-12-13-3-2-10-19(11-13)17(21)9-8-16(18)20/h4-7,13H,2-3,8-12H2,1H3,(H2,18,20). The van der Waals surface area contributed by atoms with Crippen molar-refractivity contribution < 1.29 is 19.1 Å². The maximum absolute atomic E-state index is 12.1. The van der Waals surface area contributed by atoms with E-state index < -0.39 is 5.91 Å². The first-order chi connectivity index (χ1) is 11.1. The Bertz CT molecular complexity index is 530. The van der Waals surface area contributed by atoms with Gasteiger partial charge < -0.3 is 20.1 Å². The van der Waals surface area contributed by atoms with Crippen LogP contribution >= 0.6 is 0 Å². The van der Waals surface area contributed by atoms with Gasteiger partial charge in [0.15, 0.2) is 0 Å². The second-order valence-electron chi connectivity index (χ2n) is 5.80. The van der Waals surface area contributed by atoms with Crippen LogP contribution in [0.25, 0.3) is 0 Å². The van der Waals surface area contributed by atoms with E-state index in [0.717, 1.165) is 30.9 Å². The smallest absolute Gasteiger partial charge is 0.223 e. The molecular weight excluding hydrogens is 296 g/mol. The summed E-state index contributed by atoms with van der Waals surface area (Å²) >= 11 is 0. The lowest BCUT2D eigenvalue weighted by atomic mass is 9.98. The first-order valence-electron chi connectivity index (χ1n) is 7.91. The van der Waals surface area contributed by atoms with Gasteiger partial charge in [-0.25, -0.2) is 0 Å². The summed E-state index contributed by atoms with van der Waals surface area (Å²) in [6.07, 6.45) is 2.30. The van der Waals surface area contributed by atoms with Gasteiger partial charge in [-0.05, 0) is 37.1 Å². The second kappa shape index (κ2) is 8.41. The highest BCUT2D eigenvalue weighted by Crippen LogP contribution is 2.21. The SMILES string of the molecule is COc1ccc(OCC2CCCN(C(=O)CCC(N)=O)C2)cc1. The number of benzene rings is 1. The molecule has 1 saturated heterocycles. The summed E-state index contributed by atoms with van der Waals surface area (Å²) in [5.74, 6) is 1.46. The van der Waals surface area contributed by atoms with E-state index in [1.165, 1.54) is 0 Å². The molecule has 1 heterocycles. The van der Waals surface area contributed by atoms with Crippen LogP contribution in [0, 0.1) is 5.92 Å². The van der Waals surface area contributed by atoms with E-state index in [1.807, 2.05) is 29.2 Å². The molecule has 0 aromatic heterocycles. The molecule has 2 amide bonds. The highest BCUT2D eigenvalue weighted by Gasteiger charge is 2.24. The summed E-state index contributed by atoms with van der Waals surface area (Å²) < 4.78 is 10.9. The molecule has 0 aliphatic carbocycles. The van der Waals surface area contributed by atoms with Crippen LogP contribution in [-0.2, 0) is 9.59 Å². The number of likely N-dealkylation sites (tertiary alicyclic amines) is 1. The van der Waals surface area contributed by atoms with E-state index in [2.05, 4.69) is 0 Å². The lowest BCUT2D eigenvalue weighted by molar-refractivity contribution is -0.134. The van der Waals surface area contributed by atoms with E-state index in [-0.39, 0.29) is 18.7 Å². The first-order valence-corrected chi connectivity index (χ1v) is 7.91. The molecule has 2 rings (SSSR count). The minimum Gasteiger partial charge on any atom is -0.497 e. The van der Waals surface area contributed by atoms with E-state index in [1.54, 1.807) is 7.11 Å². The molecule has 6 heteroatoms. The molecule has 0 bridgehead atoms. The molecule has 6 nitrogen and oxygen atoms in total. The predicted molar refractivity (Wildman–Crippen MR) is 86.2 cm³/mol. The lowest BCUT2D eigenvalue weighted by Gasteiger charge is -2.32.